The van der Waals surface area contributed by atoms with Crippen LogP contribution in [0.2, 0.25) is 0 Å². The van der Waals surface area contributed by atoms with E-state index in [0.717, 1.165) is 38.5 Å². The van der Waals surface area contributed by atoms with Crippen molar-refractivity contribution in [1.82, 2.24) is 0 Å². The van der Waals surface area contributed by atoms with Crippen molar-refractivity contribution in [3.63, 3.8) is 0 Å². The molecule has 0 aromatic rings. The van der Waals surface area contributed by atoms with Crippen LogP contribution in [0.1, 0.15) is 96.8 Å². The summed E-state index contributed by atoms with van der Waals surface area (Å²) in [6.07, 6.45) is 11.8. The van der Waals surface area contributed by atoms with Gasteiger partial charge in [-0.15, -0.1) is 0 Å². The van der Waals surface area contributed by atoms with Crippen molar-refractivity contribution in [2.45, 2.75) is 109 Å². The van der Waals surface area contributed by atoms with Crippen LogP contribution in [0.15, 0.2) is 0 Å². The van der Waals surface area contributed by atoms with Crippen LogP contribution in [0.3, 0.4) is 0 Å². The SMILES string of the molecule is CCCCCCCC[C@H](O)[C@@H](O)CCCCCCCC(=O)[O-]. The lowest BCUT2D eigenvalue weighted by Gasteiger charge is -2.17. The molecule has 0 heterocycles. The predicted octanol–water partition coefficient (Wildman–Crippen LogP) is 2.94. The zero-order valence-electron chi connectivity index (χ0n) is 14.3. The molecule has 2 N–H and O–H groups in total. The van der Waals surface area contributed by atoms with E-state index in [0.29, 0.717) is 19.3 Å². The third kappa shape index (κ3) is 14.3. The molecule has 0 unspecified atom stereocenters. The second-order valence-corrected chi connectivity index (χ2v) is 6.37. The van der Waals surface area contributed by atoms with Gasteiger partial charge in [0.15, 0.2) is 0 Å². The summed E-state index contributed by atoms with van der Waals surface area (Å²) in [6.45, 7) is 2.20. The van der Waals surface area contributed by atoms with Crippen molar-refractivity contribution in [1.29, 1.82) is 0 Å². The monoisotopic (exact) mass is 315 g/mol. The van der Waals surface area contributed by atoms with Crippen LogP contribution in [0.4, 0.5) is 0 Å². The Bertz CT molecular complexity index is 255. The molecule has 132 valence electrons. The molecule has 0 aliphatic rings. The van der Waals surface area contributed by atoms with E-state index in [1.54, 1.807) is 0 Å². The molecule has 0 aliphatic heterocycles. The van der Waals surface area contributed by atoms with Crippen LogP contribution in [-0.4, -0.2) is 28.4 Å². The third-order valence-corrected chi connectivity index (χ3v) is 4.18. The Morgan fingerprint density at radius 2 is 1.18 bits per heavy atom. The molecule has 2 atom stereocenters. The first-order valence-electron chi connectivity index (χ1n) is 9.14. The highest BCUT2D eigenvalue weighted by atomic mass is 16.4. The molecule has 0 aromatic heterocycles. The number of hydrogen-bond donors (Lipinski definition) is 2. The molecule has 0 amide bonds. The van der Waals surface area contributed by atoms with Gasteiger partial charge in [0.2, 0.25) is 0 Å². The first kappa shape index (κ1) is 21.4. The summed E-state index contributed by atoms with van der Waals surface area (Å²) in [5, 5.41) is 30.0. The molecule has 4 heteroatoms. The van der Waals surface area contributed by atoms with Gasteiger partial charge >= 0.3 is 0 Å². The number of carboxylic acids is 1. The van der Waals surface area contributed by atoms with E-state index in [4.69, 9.17) is 0 Å². The summed E-state index contributed by atoms with van der Waals surface area (Å²) in [5.74, 6) is -0.978. The topological polar surface area (TPSA) is 80.6 Å². The number of aliphatic carboxylic acids is 1. The Labute approximate surface area is 135 Å². The standard InChI is InChI=1S/C18H36O4/c1-2-3-4-5-7-10-13-16(19)17(20)14-11-8-6-9-12-15-18(21)22/h16-17,19-20H,2-15H2,1H3,(H,21,22)/p-1/t16-,17-/m0/s1. The fourth-order valence-corrected chi connectivity index (χ4v) is 2.67. The Kier molecular flexibility index (Phi) is 14.9. The molecule has 22 heavy (non-hydrogen) atoms. The molecule has 0 aliphatic carbocycles. The van der Waals surface area contributed by atoms with Crippen LogP contribution in [0.5, 0.6) is 0 Å². The molecule has 0 saturated heterocycles. The summed E-state index contributed by atoms with van der Waals surface area (Å²) in [4.78, 5) is 10.2. The largest absolute Gasteiger partial charge is 0.550 e. The first-order valence-corrected chi connectivity index (χ1v) is 9.14. The van der Waals surface area contributed by atoms with E-state index in [-0.39, 0.29) is 6.42 Å². The van der Waals surface area contributed by atoms with E-state index in [2.05, 4.69) is 6.92 Å². The quantitative estimate of drug-likeness (QED) is 0.429. The number of hydrogen-bond acceptors (Lipinski definition) is 4. The molecular formula is C18H35O4-. The number of unbranched alkanes of at least 4 members (excludes halogenated alkanes) is 9. The number of rotatable bonds is 16. The van der Waals surface area contributed by atoms with Gasteiger partial charge in [0.25, 0.3) is 0 Å². The van der Waals surface area contributed by atoms with Gasteiger partial charge in [-0.2, -0.15) is 0 Å². The third-order valence-electron chi connectivity index (χ3n) is 4.18. The van der Waals surface area contributed by atoms with Crippen molar-refractivity contribution in [3.8, 4) is 0 Å². The van der Waals surface area contributed by atoms with Gasteiger partial charge in [0.1, 0.15) is 0 Å². The minimum Gasteiger partial charge on any atom is -0.550 e. The zero-order chi connectivity index (χ0) is 16.6. The number of aliphatic hydroxyl groups excluding tert-OH is 2. The Hall–Kier alpha value is -0.610. The number of carbonyl (C=O) groups is 1. The summed E-state index contributed by atoms with van der Waals surface area (Å²) >= 11 is 0. The van der Waals surface area contributed by atoms with Crippen LogP contribution < -0.4 is 5.11 Å². The van der Waals surface area contributed by atoms with Gasteiger partial charge in [-0.05, 0) is 25.7 Å². The van der Waals surface area contributed by atoms with E-state index < -0.39 is 18.2 Å². The van der Waals surface area contributed by atoms with E-state index >= 15 is 0 Å². The summed E-state index contributed by atoms with van der Waals surface area (Å²) in [7, 11) is 0. The maximum absolute atomic E-state index is 10.2. The zero-order valence-corrected chi connectivity index (χ0v) is 14.3. The van der Waals surface area contributed by atoms with Gasteiger partial charge in [-0.1, -0.05) is 71.1 Å². The molecule has 0 rings (SSSR count). The lowest BCUT2D eigenvalue weighted by molar-refractivity contribution is -0.305. The second kappa shape index (κ2) is 15.3. The molecule has 0 radical (unpaired) electrons. The number of aliphatic hydroxyl groups is 2. The lowest BCUT2D eigenvalue weighted by Crippen LogP contribution is -2.25. The fourth-order valence-electron chi connectivity index (χ4n) is 2.67. The first-order chi connectivity index (χ1) is 10.6. The fraction of sp³-hybridized carbons (Fsp3) is 0.944. The van der Waals surface area contributed by atoms with Crippen molar-refractivity contribution in [3.05, 3.63) is 0 Å². The summed E-state index contributed by atoms with van der Waals surface area (Å²) in [5.41, 5.74) is 0. The Balaban J connectivity index is 3.38. The summed E-state index contributed by atoms with van der Waals surface area (Å²) in [6, 6.07) is 0. The smallest absolute Gasteiger partial charge is 0.0799 e. The second-order valence-electron chi connectivity index (χ2n) is 6.37. The molecular weight excluding hydrogens is 280 g/mol. The normalized spacial score (nSPS) is 14.0. The molecule has 0 aromatic carbocycles. The van der Waals surface area contributed by atoms with Gasteiger partial charge in [-0.3, -0.25) is 0 Å². The molecule has 0 saturated carbocycles. The van der Waals surface area contributed by atoms with Crippen molar-refractivity contribution < 1.29 is 20.1 Å². The van der Waals surface area contributed by atoms with Gasteiger partial charge < -0.3 is 20.1 Å². The minimum atomic E-state index is -0.978. The Morgan fingerprint density at radius 3 is 1.64 bits per heavy atom. The highest BCUT2D eigenvalue weighted by molar-refractivity contribution is 5.63. The molecule has 4 nitrogen and oxygen atoms in total. The van der Waals surface area contributed by atoms with E-state index in [1.165, 1.54) is 25.7 Å². The average molecular weight is 315 g/mol. The van der Waals surface area contributed by atoms with Crippen molar-refractivity contribution in [2.24, 2.45) is 0 Å². The number of carbonyl (C=O) groups excluding carboxylic acids is 1. The maximum Gasteiger partial charge on any atom is 0.0799 e. The van der Waals surface area contributed by atoms with E-state index in [1.807, 2.05) is 0 Å². The lowest BCUT2D eigenvalue weighted by atomic mass is 9.99. The summed E-state index contributed by atoms with van der Waals surface area (Å²) < 4.78 is 0. The van der Waals surface area contributed by atoms with Gasteiger partial charge in [-0.25, -0.2) is 0 Å². The Morgan fingerprint density at radius 1 is 0.773 bits per heavy atom. The van der Waals surface area contributed by atoms with E-state index in [9.17, 15) is 20.1 Å². The van der Waals surface area contributed by atoms with Crippen molar-refractivity contribution >= 4 is 5.97 Å². The molecule has 0 fully saturated rings. The average Bonchev–Trinajstić information content (AvgIpc) is 2.49. The van der Waals surface area contributed by atoms with Crippen LogP contribution in [-0.2, 0) is 4.79 Å². The number of carboxylic acid groups (broad SMARTS) is 1. The molecule has 0 spiro atoms. The van der Waals surface area contributed by atoms with Gasteiger partial charge in [0.05, 0.1) is 12.2 Å². The highest BCUT2D eigenvalue weighted by Gasteiger charge is 2.14. The van der Waals surface area contributed by atoms with Crippen LogP contribution in [0, 0.1) is 0 Å². The van der Waals surface area contributed by atoms with Crippen LogP contribution >= 0.6 is 0 Å². The maximum atomic E-state index is 10.2. The predicted molar refractivity (Wildman–Crippen MR) is 87.3 cm³/mol. The van der Waals surface area contributed by atoms with Gasteiger partial charge in [0, 0.05) is 5.97 Å². The van der Waals surface area contributed by atoms with Crippen molar-refractivity contribution in [2.75, 3.05) is 0 Å². The van der Waals surface area contributed by atoms with Crippen LogP contribution in [0.25, 0.3) is 0 Å². The molecule has 0 bridgehead atoms. The highest BCUT2D eigenvalue weighted by Crippen LogP contribution is 2.15. The minimum absolute atomic E-state index is 0.138.